The van der Waals surface area contributed by atoms with E-state index in [1.165, 1.54) is 5.56 Å². The van der Waals surface area contributed by atoms with E-state index < -0.39 is 0 Å². The highest BCUT2D eigenvalue weighted by Gasteiger charge is 2.10. The van der Waals surface area contributed by atoms with Crippen LogP contribution in [0.1, 0.15) is 19.4 Å². The Kier molecular flexibility index (Phi) is 6.78. The van der Waals surface area contributed by atoms with Crippen LogP contribution in [0.15, 0.2) is 28.7 Å². The molecule has 0 amide bonds. The maximum Gasteiger partial charge on any atom is 0.0473 e. The largest absolute Gasteiger partial charge is 0.396 e. The molecule has 1 aromatic carbocycles. The van der Waals surface area contributed by atoms with Crippen LogP contribution in [-0.4, -0.2) is 24.8 Å². The van der Waals surface area contributed by atoms with Gasteiger partial charge in [0.25, 0.3) is 0 Å². The molecule has 0 saturated heterocycles. The van der Waals surface area contributed by atoms with Gasteiger partial charge in [0.05, 0.1) is 0 Å². The van der Waals surface area contributed by atoms with Gasteiger partial charge in [0.1, 0.15) is 0 Å². The smallest absolute Gasteiger partial charge is 0.0473 e. The van der Waals surface area contributed by atoms with E-state index in [1.807, 2.05) is 0 Å². The van der Waals surface area contributed by atoms with E-state index in [0.717, 1.165) is 24.0 Å². The van der Waals surface area contributed by atoms with Crippen LogP contribution in [0.3, 0.4) is 0 Å². The van der Waals surface area contributed by atoms with E-state index in [0.29, 0.717) is 11.8 Å². The minimum Gasteiger partial charge on any atom is -0.396 e. The predicted molar refractivity (Wildman–Crippen MR) is 76.1 cm³/mol. The van der Waals surface area contributed by atoms with Gasteiger partial charge in [0.2, 0.25) is 0 Å². The van der Waals surface area contributed by atoms with Gasteiger partial charge < -0.3 is 10.4 Å². The maximum absolute atomic E-state index is 9.20. The van der Waals surface area contributed by atoms with Crippen molar-refractivity contribution in [2.45, 2.75) is 20.3 Å². The zero-order valence-corrected chi connectivity index (χ0v) is 12.2. The second kappa shape index (κ2) is 7.85. The molecule has 1 rings (SSSR count). The summed E-state index contributed by atoms with van der Waals surface area (Å²) in [6.45, 7) is 6.42. The quantitative estimate of drug-likeness (QED) is 0.759. The molecule has 0 aromatic heterocycles. The molecular weight excluding hydrogens is 278 g/mol. The molecule has 3 heteroatoms. The second-order valence-corrected chi connectivity index (χ2v) is 5.68. The Bertz CT molecular complexity index is 311. The zero-order chi connectivity index (χ0) is 12.7. The Hall–Kier alpha value is -0.380. The van der Waals surface area contributed by atoms with Gasteiger partial charge in [0.15, 0.2) is 0 Å². The number of aliphatic hydroxyl groups excluding tert-OH is 1. The number of benzene rings is 1. The highest BCUT2D eigenvalue weighted by molar-refractivity contribution is 9.10. The minimum atomic E-state index is 0.267. The van der Waals surface area contributed by atoms with Crippen LogP contribution in [0.2, 0.25) is 0 Å². The molecule has 0 fully saturated rings. The summed E-state index contributed by atoms with van der Waals surface area (Å²) in [7, 11) is 0. The summed E-state index contributed by atoms with van der Waals surface area (Å²) in [6.07, 6.45) is 1.03. The van der Waals surface area contributed by atoms with E-state index in [-0.39, 0.29) is 6.61 Å². The molecule has 1 atom stereocenters. The molecule has 0 aliphatic rings. The fourth-order valence-electron chi connectivity index (χ4n) is 1.68. The van der Waals surface area contributed by atoms with Crippen LogP contribution >= 0.6 is 15.9 Å². The molecule has 0 radical (unpaired) electrons. The van der Waals surface area contributed by atoms with Crippen LogP contribution in [0.25, 0.3) is 0 Å². The summed E-state index contributed by atoms with van der Waals surface area (Å²) in [6, 6.07) is 8.41. The Morgan fingerprint density at radius 1 is 1.24 bits per heavy atom. The second-order valence-electron chi connectivity index (χ2n) is 4.77. The normalized spacial score (nSPS) is 13.0. The molecule has 0 bridgehead atoms. The zero-order valence-electron chi connectivity index (χ0n) is 10.6. The molecule has 0 spiro atoms. The van der Waals surface area contributed by atoms with Crippen molar-refractivity contribution >= 4 is 15.9 Å². The fraction of sp³-hybridized carbons (Fsp3) is 0.571. The lowest BCUT2D eigenvalue weighted by molar-refractivity contribution is 0.186. The van der Waals surface area contributed by atoms with E-state index in [4.69, 9.17) is 0 Å². The van der Waals surface area contributed by atoms with Crippen LogP contribution in [0, 0.1) is 11.8 Å². The predicted octanol–water partition coefficient (Wildman–Crippen LogP) is 2.85. The molecule has 1 unspecified atom stereocenters. The third-order valence-electron chi connectivity index (χ3n) is 3.09. The van der Waals surface area contributed by atoms with E-state index >= 15 is 0 Å². The van der Waals surface area contributed by atoms with Crippen molar-refractivity contribution in [2.75, 3.05) is 19.7 Å². The molecular formula is C14H22BrNO. The average molecular weight is 300 g/mol. The molecule has 2 N–H and O–H groups in total. The van der Waals surface area contributed by atoms with Gasteiger partial charge in [0, 0.05) is 17.6 Å². The van der Waals surface area contributed by atoms with Crippen molar-refractivity contribution in [2.24, 2.45) is 11.8 Å². The first kappa shape index (κ1) is 14.7. The summed E-state index contributed by atoms with van der Waals surface area (Å²) in [4.78, 5) is 0. The summed E-state index contributed by atoms with van der Waals surface area (Å²) in [5.41, 5.74) is 1.34. The first-order valence-corrected chi connectivity index (χ1v) is 6.98. The van der Waals surface area contributed by atoms with Gasteiger partial charge in [-0.2, -0.15) is 0 Å². The Balaban J connectivity index is 2.22. The van der Waals surface area contributed by atoms with Crippen molar-refractivity contribution in [3.8, 4) is 0 Å². The molecule has 0 aliphatic heterocycles. The number of rotatable bonds is 7. The molecule has 96 valence electrons. The topological polar surface area (TPSA) is 32.3 Å². The van der Waals surface area contributed by atoms with Crippen molar-refractivity contribution in [3.05, 3.63) is 34.3 Å². The Labute approximate surface area is 113 Å². The Morgan fingerprint density at radius 2 is 1.88 bits per heavy atom. The van der Waals surface area contributed by atoms with E-state index in [9.17, 15) is 5.11 Å². The van der Waals surface area contributed by atoms with E-state index in [2.05, 4.69) is 59.4 Å². The highest BCUT2D eigenvalue weighted by atomic mass is 79.9. The molecule has 0 heterocycles. The standard InChI is InChI=1S/C14H22BrNO/c1-11(2)13(10-17)9-16-8-7-12-3-5-14(15)6-4-12/h3-6,11,13,16-17H,7-10H2,1-2H3. The van der Waals surface area contributed by atoms with Gasteiger partial charge in [-0.3, -0.25) is 0 Å². The van der Waals surface area contributed by atoms with Gasteiger partial charge in [-0.25, -0.2) is 0 Å². The van der Waals surface area contributed by atoms with Crippen molar-refractivity contribution in [3.63, 3.8) is 0 Å². The van der Waals surface area contributed by atoms with Gasteiger partial charge >= 0.3 is 0 Å². The van der Waals surface area contributed by atoms with E-state index in [1.54, 1.807) is 0 Å². The average Bonchev–Trinajstić information content (AvgIpc) is 2.31. The lowest BCUT2D eigenvalue weighted by Gasteiger charge is -2.18. The third-order valence-corrected chi connectivity index (χ3v) is 3.62. The number of nitrogens with one attached hydrogen (secondary N) is 1. The fourth-order valence-corrected chi connectivity index (χ4v) is 1.95. The minimum absolute atomic E-state index is 0.267. The third kappa shape index (κ3) is 5.66. The molecule has 0 saturated carbocycles. The van der Waals surface area contributed by atoms with Crippen molar-refractivity contribution in [1.82, 2.24) is 5.32 Å². The maximum atomic E-state index is 9.20. The van der Waals surface area contributed by atoms with Crippen LogP contribution in [0.5, 0.6) is 0 Å². The monoisotopic (exact) mass is 299 g/mol. The summed E-state index contributed by atoms with van der Waals surface area (Å²) in [5.74, 6) is 0.889. The first-order valence-electron chi connectivity index (χ1n) is 6.19. The Morgan fingerprint density at radius 3 is 2.41 bits per heavy atom. The van der Waals surface area contributed by atoms with Crippen LogP contribution in [-0.2, 0) is 6.42 Å². The van der Waals surface area contributed by atoms with Crippen molar-refractivity contribution in [1.29, 1.82) is 0 Å². The lowest BCUT2D eigenvalue weighted by atomic mass is 9.97. The number of halogens is 1. The van der Waals surface area contributed by atoms with Gasteiger partial charge in [-0.15, -0.1) is 0 Å². The van der Waals surface area contributed by atoms with Gasteiger partial charge in [-0.1, -0.05) is 41.9 Å². The molecule has 17 heavy (non-hydrogen) atoms. The molecule has 1 aromatic rings. The summed E-state index contributed by atoms with van der Waals surface area (Å²) < 4.78 is 1.12. The summed E-state index contributed by atoms with van der Waals surface area (Å²) >= 11 is 3.43. The van der Waals surface area contributed by atoms with Gasteiger partial charge in [-0.05, 0) is 42.5 Å². The number of hydrogen-bond donors (Lipinski definition) is 2. The van der Waals surface area contributed by atoms with Crippen molar-refractivity contribution < 1.29 is 5.11 Å². The first-order chi connectivity index (χ1) is 8.13. The molecule has 0 aliphatic carbocycles. The van der Waals surface area contributed by atoms with Crippen LogP contribution in [0.4, 0.5) is 0 Å². The summed E-state index contributed by atoms with van der Waals surface area (Å²) in [5, 5.41) is 12.6. The number of hydrogen-bond acceptors (Lipinski definition) is 2. The SMILES string of the molecule is CC(C)C(CO)CNCCc1ccc(Br)cc1. The van der Waals surface area contributed by atoms with Crippen LogP contribution < -0.4 is 5.32 Å². The molecule has 2 nitrogen and oxygen atoms in total. The number of aliphatic hydroxyl groups is 1. The lowest BCUT2D eigenvalue weighted by Crippen LogP contribution is -2.30. The highest BCUT2D eigenvalue weighted by Crippen LogP contribution is 2.11.